The van der Waals surface area contributed by atoms with Crippen molar-refractivity contribution in [1.29, 1.82) is 0 Å². The summed E-state index contributed by atoms with van der Waals surface area (Å²) in [6.45, 7) is 3.32. The number of nitrogens with zero attached hydrogens (tertiary/aromatic N) is 2. The Balaban J connectivity index is 1.46. The highest BCUT2D eigenvalue weighted by Crippen LogP contribution is 2.41. The molecule has 2 bridgehead atoms. The second kappa shape index (κ2) is 6.85. The number of carbonyl (C=O) groups is 1. The number of benzene rings is 1. The molecule has 3 aliphatic heterocycles. The monoisotopic (exact) mass is 328 g/mol. The molecule has 3 heterocycles. The number of rotatable bonds is 4. The summed E-state index contributed by atoms with van der Waals surface area (Å²) in [5, 5.41) is 9.94. The van der Waals surface area contributed by atoms with Crippen LogP contribution in [0.15, 0.2) is 30.3 Å². The molecule has 0 aromatic heterocycles. The zero-order chi connectivity index (χ0) is 16.5. The average molecular weight is 328 g/mol. The minimum Gasteiger partial charge on any atom is -0.394 e. The van der Waals surface area contributed by atoms with Crippen molar-refractivity contribution in [2.45, 2.75) is 44.2 Å². The van der Waals surface area contributed by atoms with Gasteiger partial charge in [0.1, 0.15) is 0 Å². The highest BCUT2D eigenvalue weighted by atomic mass is 16.3. The minimum absolute atomic E-state index is 0.0403. The van der Waals surface area contributed by atoms with Crippen LogP contribution in [0.4, 0.5) is 0 Å². The highest BCUT2D eigenvalue weighted by molar-refractivity contribution is 5.78. The van der Waals surface area contributed by atoms with E-state index in [4.69, 9.17) is 0 Å². The first-order valence-corrected chi connectivity index (χ1v) is 9.44. The minimum atomic E-state index is 0.0403. The molecule has 0 aliphatic carbocycles. The zero-order valence-corrected chi connectivity index (χ0v) is 14.3. The number of aliphatic hydroxyl groups excluding tert-OH is 1. The lowest BCUT2D eigenvalue weighted by molar-refractivity contribution is -0.155. The number of aliphatic hydroxyl groups is 1. The van der Waals surface area contributed by atoms with Crippen LogP contribution in [0.25, 0.3) is 0 Å². The van der Waals surface area contributed by atoms with Gasteiger partial charge in [0, 0.05) is 32.1 Å². The SMILES string of the molecule is O=C1CCC[C@H]2[C@@H]3C[C@@H](CN(CCc4ccccc4)C3)[C@H](CO)N12. The standard InChI is InChI=1S/C20H28N2O2/c23-14-19-17-11-16(18-7-4-8-20(24)22(18)19)12-21(13-17)10-9-15-5-2-1-3-6-15/h1-3,5-6,16-19,23H,4,7-14H2/t16-,17+,18+,19+/m1/s1. The molecular weight excluding hydrogens is 300 g/mol. The predicted molar refractivity (Wildman–Crippen MR) is 93.5 cm³/mol. The lowest BCUT2D eigenvalue weighted by Gasteiger charge is -2.56. The second-order valence-corrected chi connectivity index (χ2v) is 7.76. The van der Waals surface area contributed by atoms with Crippen molar-refractivity contribution in [2.24, 2.45) is 11.8 Å². The van der Waals surface area contributed by atoms with Gasteiger partial charge in [-0.05, 0) is 43.1 Å². The summed E-state index contributed by atoms with van der Waals surface area (Å²) in [4.78, 5) is 17.1. The van der Waals surface area contributed by atoms with E-state index >= 15 is 0 Å². The summed E-state index contributed by atoms with van der Waals surface area (Å²) in [7, 11) is 0. The van der Waals surface area contributed by atoms with Gasteiger partial charge < -0.3 is 14.9 Å². The molecule has 0 saturated carbocycles. The first-order chi connectivity index (χ1) is 11.8. The van der Waals surface area contributed by atoms with Crippen LogP contribution in [0.2, 0.25) is 0 Å². The number of carbonyl (C=O) groups excluding carboxylic acids is 1. The molecule has 3 fully saturated rings. The summed E-state index contributed by atoms with van der Waals surface area (Å²) in [5.41, 5.74) is 1.39. The Bertz CT molecular complexity index is 562. The molecule has 4 atom stereocenters. The zero-order valence-electron chi connectivity index (χ0n) is 14.3. The molecule has 24 heavy (non-hydrogen) atoms. The number of fused-ring (bicyclic) bond motifs is 4. The largest absolute Gasteiger partial charge is 0.394 e. The van der Waals surface area contributed by atoms with Gasteiger partial charge in [0.05, 0.1) is 12.6 Å². The maximum Gasteiger partial charge on any atom is 0.223 e. The van der Waals surface area contributed by atoms with Crippen molar-refractivity contribution in [3.8, 4) is 0 Å². The van der Waals surface area contributed by atoms with Gasteiger partial charge in [-0.15, -0.1) is 0 Å². The fourth-order valence-corrected chi connectivity index (χ4v) is 5.22. The number of likely N-dealkylation sites (tertiary alicyclic amines) is 1. The Hall–Kier alpha value is -1.39. The number of amides is 1. The quantitative estimate of drug-likeness (QED) is 0.918. The Morgan fingerprint density at radius 2 is 1.92 bits per heavy atom. The van der Waals surface area contributed by atoms with E-state index < -0.39 is 0 Å². The van der Waals surface area contributed by atoms with Crippen molar-refractivity contribution in [1.82, 2.24) is 9.80 Å². The van der Waals surface area contributed by atoms with Crippen LogP contribution in [-0.4, -0.2) is 59.1 Å². The van der Waals surface area contributed by atoms with Crippen LogP contribution in [0.3, 0.4) is 0 Å². The van der Waals surface area contributed by atoms with Gasteiger partial charge in [-0.1, -0.05) is 30.3 Å². The van der Waals surface area contributed by atoms with Crippen LogP contribution in [-0.2, 0) is 11.2 Å². The van der Waals surface area contributed by atoms with E-state index in [1.165, 1.54) is 12.0 Å². The number of hydrogen-bond acceptors (Lipinski definition) is 3. The van der Waals surface area contributed by atoms with Gasteiger partial charge >= 0.3 is 0 Å². The lowest BCUT2D eigenvalue weighted by atomic mass is 9.72. The second-order valence-electron chi connectivity index (χ2n) is 7.76. The molecule has 4 rings (SSSR count). The van der Waals surface area contributed by atoms with Crippen LogP contribution in [0, 0.1) is 11.8 Å². The van der Waals surface area contributed by atoms with Gasteiger partial charge in [-0.25, -0.2) is 0 Å². The molecule has 3 saturated heterocycles. The third-order valence-electron chi connectivity index (χ3n) is 6.32. The van der Waals surface area contributed by atoms with E-state index in [-0.39, 0.29) is 18.6 Å². The fraction of sp³-hybridized carbons (Fsp3) is 0.650. The third kappa shape index (κ3) is 2.98. The van der Waals surface area contributed by atoms with E-state index in [1.807, 2.05) is 0 Å². The summed E-state index contributed by atoms with van der Waals surface area (Å²) >= 11 is 0. The Morgan fingerprint density at radius 1 is 1.12 bits per heavy atom. The summed E-state index contributed by atoms with van der Waals surface area (Å²) in [6, 6.07) is 11.1. The Labute approximate surface area is 144 Å². The summed E-state index contributed by atoms with van der Waals surface area (Å²) in [6.07, 6.45) is 5.07. The normalized spacial score (nSPS) is 33.4. The van der Waals surface area contributed by atoms with Crippen molar-refractivity contribution in [3.63, 3.8) is 0 Å². The molecule has 1 aromatic rings. The first kappa shape index (κ1) is 16.1. The summed E-state index contributed by atoms with van der Waals surface area (Å²) < 4.78 is 0. The van der Waals surface area contributed by atoms with Gasteiger partial charge in [-0.3, -0.25) is 4.79 Å². The Kier molecular flexibility index (Phi) is 4.59. The molecule has 1 N–H and O–H groups in total. The van der Waals surface area contributed by atoms with Gasteiger partial charge in [-0.2, -0.15) is 0 Å². The van der Waals surface area contributed by atoms with Crippen LogP contribution < -0.4 is 0 Å². The predicted octanol–water partition coefficient (Wildman–Crippen LogP) is 1.92. The first-order valence-electron chi connectivity index (χ1n) is 9.44. The Morgan fingerprint density at radius 3 is 2.71 bits per heavy atom. The van der Waals surface area contributed by atoms with E-state index in [1.54, 1.807) is 0 Å². The molecule has 130 valence electrons. The van der Waals surface area contributed by atoms with Crippen molar-refractivity contribution >= 4 is 5.91 Å². The van der Waals surface area contributed by atoms with Crippen molar-refractivity contribution in [3.05, 3.63) is 35.9 Å². The molecule has 0 spiro atoms. The van der Waals surface area contributed by atoms with Crippen LogP contribution in [0.1, 0.15) is 31.2 Å². The van der Waals surface area contributed by atoms with E-state index in [2.05, 4.69) is 40.1 Å². The molecule has 4 nitrogen and oxygen atoms in total. The average Bonchev–Trinajstić information content (AvgIpc) is 2.62. The van der Waals surface area contributed by atoms with Crippen LogP contribution in [0.5, 0.6) is 0 Å². The van der Waals surface area contributed by atoms with Crippen molar-refractivity contribution < 1.29 is 9.90 Å². The number of hydrogen-bond donors (Lipinski definition) is 1. The maximum atomic E-state index is 12.4. The molecular formula is C20H28N2O2. The van der Waals surface area contributed by atoms with E-state index in [0.717, 1.165) is 38.9 Å². The van der Waals surface area contributed by atoms with E-state index in [9.17, 15) is 9.90 Å². The molecule has 3 aliphatic rings. The molecule has 1 amide bonds. The smallest absolute Gasteiger partial charge is 0.223 e. The highest BCUT2D eigenvalue weighted by Gasteiger charge is 2.48. The molecule has 1 aromatic carbocycles. The third-order valence-corrected chi connectivity index (χ3v) is 6.32. The molecule has 0 unspecified atom stereocenters. The maximum absolute atomic E-state index is 12.4. The lowest BCUT2D eigenvalue weighted by Crippen LogP contribution is -2.66. The molecule has 0 radical (unpaired) electrons. The summed E-state index contributed by atoms with van der Waals surface area (Å²) in [5.74, 6) is 1.30. The van der Waals surface area contributed by atoms with Gasteiger partial charge in [0.2, 0.25) is 5.91 Å². The van der Waals surface area contributed by atoms with Crippen molar-refractivity contribution in [2.75, 3.05) is 26.2 Å². The van der Waals surface area contributed by atoms with E-state index in [0.29, 0.717) is 24.3 Å². The van der Waals surface area contributed by atoms with Gasteiger partial charge in [0.25, 0.3) is 0 Å². The molecule has 4 heteroatoms. The van der Waals surface area contributed by atoms with Crippen LogP contribution >= 0.6 is 0 Å². The fourth-order valence-electron chi connectivity index (χ4n) is 5.22. The van der Waals surface area contributed by atoms with Gasteiger partial charge in [0.15, 0.2) is 0 Å². The topological polar surface area (TPSA) is 43.8 Å². The number of piperidine rings is 3.